The summed E-state index contributed by atoms with van der Waals surface area (Å²) in [5.41, 5.74) is 0. The van der Waals surface area contributed by atoms with Crippen LogP contribution in [0.15, 0.2) is 0 Å². The fraction of sp³-hybridized carbons (Fsp3) is 1.00. The largest absolute Gasteiger partial charge is 0.125 e. The van der Waals surface area contributed by atoms with Gasteiger partial charge in [-0.2, -0.15) is 0 Å². The first-order valence-electron chi connectivity index (χ1n) is 1.47. The molecule has 0 heterocycles. The summed E-state index contributed by atoms with van der Waals surface area (Å²) >= 11 is 10.5. The van der Waals surface area contributed by atoms with E-state index in [1.807, 2.05) is 6.92 Å². The summed E-state index contributed by atoms with van der Waals surface area (Å²) in [7, 11) is 0. The zero-order valence-electron chi connectivity index (χ0n) is 3.04. The number of rotatable bonds is 1. The van der Waals surface area contributed by atoms with Crippen molar-refractivity contribution in [3.05, 3.63) is 0 Å². The third-order valence-electron chi connectivity index (χ3n) is 0.213. The zero-order valence-corrected chi connectivity index (χ0v) is 4.55. The van der Waals surface area contributed by atoms with E-state index in [1.54, 1.807) is 0 Å². The SMILES string of the molecule is [13CH3][13CH](Cl)[13CH2]Cl. The van der Waals surface area contributed by atoms with Gasteiger partial charge >= 0.3 is 0 Å². The van der Waals surface area contributed by atoms with Crippen LogP contribution < -0.4 is 0 Å². The molecule has 0 aliphatic rings. The monoisotopic (exact) mass is 115 g/mol. The van der Waals surface area contributed by atoms with Gasteiger partial charge in [0.2, 0.25) is 0 Å². The van der Waals surface area contributed by atoms with E-state index in [1.165, 1.54) is 0 Å². The van der Waals surface area contributed by atoms with Crippen LogP contribution in [0.1, 0.15) is 6.92 Å². The van der Waals surface area contributed by atoms with Crippen molar-refractivity contribution in [2.45, 2.75) is 12.3 Å². The Kier molecular flexibility index (Phi) is 3.12. The first kappa shape index (κ1) is 5.58. The van der Waals surface area contributed by atoms with Gasteiger partial charge in [-0.1, -0.05) is 0 Å². The smallest absolute Gasteiger partial charge is 0.0443 e. The van der Waals surface area contributed by atoms with Crippen molar-refractivity contribution < 1.29 is 0 Å². The number of halogens is 2. The van der Waals surface area contributed by atoms with Gasteiger partial charge in [0, 0.05) is 11.3 Å². The molecule has 0 spiro atoms. The fourth-order valence-electron chi connectivity index (χ4n) is 0. The van der Waals surface area contributed by atoms with Gasteiger partial charge in [-0.05, 0) is 6.92 Å². The molecular weight excluding hydrogens is 110 g/mol. The maximum atomic E-state index is 5.33. The standard InChI is InChI=1S/C3H6Cl2/c1-3(5)2-4/h3H,2H2,1H3/i1+1,2+1,3+1. The predicted molar refractivity (Wildman–Crippen MR) is 26.0 cm³/mol. The summed E-state index contributed by atoms with van der Waals surface area (Å²) in [6.07, 6.45) is 0. The highest BCUT2D eigenvalue weighted by molar-refractivity contribution is 6.27. The second kappa shape index (κ2) is 2.80. The van der Waals surface area contributed by atoms with Crippen LogP contribution in [0.3, 0.4) is 0 Å². The lowest BCUT2D eigenvalue weighted by molar-refractivity contribution is 1.11. The molecule has 0 amide bonds. The van der Waals surface area contributed by atoms with E-state index >= 15 is 0 Å². The van der Waals surface area contributed by atoms with E-state index < -0.39 is 0 Å². The maximum Gasteiger partial charge on any atom is 0.0443 e. The molecule has 0 aromatic carbocycles. The van der Waals surface area contributed by atoms with Gasteiger partial charge in [-0.3, -0.25) is 0 Å². The van der Waals surface area contributed by atoms with Crippen molar-refractivity contribution in [3.63, 3.8) is 0 Å². The Bertz CT molecular complexity index is 18.9. The van der Waals surface area contributed by atoms with E-state index in [4.69, 9.17) is 23.2 Å². The Hall–Kier alpha value is 0.580. The summed E-state index contributed by atoms with van der Waals surface area (Å²) in [5, 5.41) is 0.122. The second-order valence-corrected chi connectivity index (χ2v) is 1.99. The van der Waals surface area contributed by atoms with E-state index in [2.05, 4.69) is 0 Å². The van der Waals surface area contributed by atoms with Crippen molar-refractivity contribution in [1.29, 1.82) is 0 Å². The Balaban J connectivity index is 2.54. The van der Waals surface area contributed by atoms with Crippen LogP contribution in [-0.4, -0.2) is 11.3 Å². The van der Waals surface area contributed by atoms with Gasteiger partial charge in [-0.15, -0.1) is 23.2 Å². The molecular formula is C3H6Cl2. The van der Waals surface area contributed by atoms with Crippen LogP contribution in [0.25, 0.3) is 0 Å². The summed E-state index contributed by atoms with van der Waals surface area (Å²) < 4.78 is 0. The Labute approximate surface area is 42.1 Å². The number of alkyl halides is 2. The van der Waals surface area contributed by atoms with Crippen molar-refractivity contribution in [2.75, 3.05) is 5.88 Å². The molecule has 1 unspecified atom stereocenters. The van der Waals surface area contributed by atoms with Crippen LogP contribution in [0.2, 0.25) is 0 Å². The van der Waals surface area contributed by atoms with Crippen molar-refractivity contribution >= 4 is 23.2 Å². The molecule has 0 N–H and O–H groups in total. The molecule has 1 atom stereocenters. The summed E-state index contributed by atoms with van der Waals surface area (Å²) in [6.45, 7) is 1.86. The Morgan fingerprint density at radius 2 is 2.00 bits per heavy atom. The second-order valence-electron chi connectivity index (χ2n) is 0.935. The van der Waals surface area contributed by atoms with Crippen molar-refractivity contribution in [2.24, 2.45) is 0 Å². The predicted octanol–water partition coefficient (Wildman–Crippen LogP) is 1.85. The third-order valence-corrected chi connectivity index (χ3v) is 0.988. The molecule has 0 aromatic rings. The van der Waals surface area contributed by atoms with Crippen LogP contribution in [0.5, 0.6) is 0 Å². The maximum absolute atomic E-state index is 5.33. The fourth-order valence-corrected chi connectivity index (χ4v) is 0. The average Bonchev–Trinajstić information content (AvgIpc) is 1.38. The topological polar surface area (TPSA) is 0 Å². The van der Waals surface area contributed by atoms with Gasteiger partial charge in [0.25, 0.3) is 0 Å². The highest BCUT2D eigenvalue weighted by Gasteiger charge is 1.85. The Morgan fingerprint density at radius 3 is 2.00 bits per heavy atom. The lowest BCUT2D eigenvalue weighted by Crippen LogP contribution is -1.87. The van der Waals surface area contributed by atoms with E-state index in [0.29, 0.717) is 5.88 Å². The van der Waals surface area contributed by atoms with Gasteiger partial charge in [0.15, 0.2) is 0 Å². The van der Waals surface area contributed by atoms with Crippen molar-refractivity contribution in [3.8, 4) is 0 Å². The molecule has 0 nitrogen and oxygen atoms in total. The van der Waals surface area contributed by atoms with Gasteiger partial charge in [0.1, 0.15) is 0 Å². The van der Waals surface area contributed by atoms with Crippen LogP contribution in [-0.2, 0) is 0 Å². The summed E-state index contributed by atoms with van der Waals surface area (Å²) in [4.78, 5) is 0. The lowest BCUT2D eigenvalue weighted by Gasteiger charge is -1.85. The third kappa shape index (κ3) is 4.58. The van der Waals surface area contributed by atoms with Gasteiger partial charge in [0.05, 0.1) is 0 Å². The first-order chi connectivity index (χ1) is 2.27. The highest BCUT2D eigenvalue weighted by Crippen LogP contribution is 1.93. The minimum absolute atomic E-state index is 0.122. The van der Waals surface area contributed by atoms with Crippen LogP contribution in [0, 0.1) is 0 Å². The van der Waals surface area contributed by atoms with Gasteiger partial charge in [-0.25, -0.2) is 0 Å². The molecule has 2 heteroatoms. The molecule has 0 aromatic heterocycles. The Morgan fingerprint density at radius 1 is 1.80 bits per heavy atom. The molecule has 0 rings (SSSR count). The van der Waals surface area contributed by atoms with Crippen LogP contribution in [0.4, 0.5) is 0 Å². The van der Waals surface area contributed by atoms with E-state index in [-0.39, 0.29) is 5.38 Å². The molecule has 0 radical (unpaired) electrons. The molecule has 0 aliphatic heterocycles. The van der Waals surface area contributed by atoms with Crippen molar-refractivity contribution in [1.82, 2.24) is 0 Å². The number of hydrogen-bond acceptors (Lipinski definition) is 0. The van der Waals surface area contributed by atoms with Gasteiger partial charge < -0.3 is 0 Å². The molecule has 0 fully saturated rings. The van der Waals surface area contributed by atoms with E-state index in [9.17, 15) is 0 Å². The summed E-state index contributed by atoms with van der Waals surface area (Å²) in [5.74, 6) is 0.543. The molecule has 5 heavy (non-hydrogen) atoms. The highest BCUT2D eigenvalue weighted by atomic mass is 35.5. The van der Waals surface area contributed by atoms with Crippen LogP contribution >= 0.6 is 23.2 Å². The lowest BCUT2D eigenvalue weighted by atomic mass is 11.6. The van der Waals surface area contributed by atoms with E-state index in [0.717, 1.165) is 0 Å². The molecule has 32 valence electrons. The zero-order chi connectivity index (χ0) is 4.28. The molecule has 0 saturated heterocycles. The average molecular weight is 116 g/mol. The minimum Gasteiger partial charge on any atom is -0.125 e. The molecule has 0 bridgehead atoms. The number of hydrogen-bond donors (Lipinski definition) is 0. The normalized spacial score (nSPS) is 15.0. The molecule has 0 saturated carbocycles. The summed E-state index contributed by atoms with van der Waals surface area (Å²) in [6, 6.07) is 0. The minimum atomic E-state index is 0.122. The molecule has 0 aliphatic carbocycles. The first-order valence-corrected chi connectivity index (χ1v) is 2.44. The quantitative estimate of drug-likeness (QED) is 0.362.